The van der Waals surface area contributed by atoms with Gasteiger partial charge in [0.2, 0.25) is 0 Å². The van der Waals surface area contributed by atoms with Gasteiger partial charge in [-0.2, -0.15) is 0 Å². The van der Waals surface area contributed by atoms with Gasteiger partial charge in [-0.3, -0.25) is 0 Å². The van der Waals surface area contributed by atoms with E-state index < -0.39 is 5.41 Å². The number of fused-ring (bicyclic) bond motifs is 13. The van der Waals surface area contributed by atoms with Gasteiger partial charge in [-0.1, -0.05) is 115 Å². The van der Waals surface area contributed by atoms with Crippen molar-refractivity contribution in [3.05, 3.63) is 210 Å². The molecule has 3 heterocycles. The second kappa shape index (κ2) is 11.9. The lowest BCUT2D eigenvalue weighted by atomic mass is 9.67. The maximum Gasteiger partial charge on any atom is 0.138 e. The first kappa shape index (κ1) is 31.6. The Bertz CT molecular complexity index is 3210. The van der Waals surface area contributed by atoms with Crippen LogP contribution in [0, 0.1) is 6.92 Å². The molecule has 0 N–H and O–H groups in total. The SMILES string of the molecule is Cc1cccc2c1-c1ccccc1C21c2ccccc2Sc2ccc(N(c3ccccc3)c3cc(-c4ccc5occc5c4)c4c(c3)oc3ccccc34)cc21. The molecule has 1 aliphatic carbocycles. The first-order valence-corrected chi connectivity index (χ1v) is 19.9. The second-order valence-electron chi connectivity index (χ2n) is 14.9. The molecule has 0 bridgehead atoms. The van der Waals surface area contributed by atoms with Crippen molar-refractivity contribution in [1.29, 1.82) is 0 Å². The molecule has 1 aliphatic heterocycles. The number of para-hydroxylation sites is 2. The minimum atomic E-state index is -0.485. The van der Waals surface area contributed by atoms with Crippen molar-refractivity contribution >= 4 is 61.7 Å². The minimum Gasteiger partial charge on any atom is -0.464 e. The fourth-order valence-electron chi connectivity index (χ4n) is 9.61. The van der Waals surface area contributed by atoms with Crippen LogP contribution in [0.4, 0.5) is 17.1 Å². The molecule has 1 atom stereocenters. The molecule has 0 saturated heterocycles. The van der Waals surface area contributed by atoms with E-state index in [1.54, 1.807) is 6.26 Å². The van der Waals surface area contributed by atoms with Crippen LogP contribution in [0.25, 0.3) is 55.2 Å². The lowest BCUT2D eigenvalue weighted by Crippen LogP contribution is -2.32. The third-order valence-electron chi connectivity index (χ3n) is 11.9. The first-order chi connectivity index (χ1) is 27.7. The average Bonchev–Trinajstić information content (AvgIpc) is 3.95. The zero-order chi connectivity index (χ0) is 37.0. The van der Waals surface area contributed by atoms with Crippen molar-refractivity contribution in [1.82, 2.24) is 0 Å². The van der Waals surface area contributed by atoms with Crippen LogP contribution in [0.5, 0.6) is 0 Å². The quantitative estimate of drug-likeness (QED) is 0.180. The Hall–Kier alpha value is -6.75. The summed E-state index contributed by atoms with van der Waals surface area (Å²) in [5.74, 6) is 0. The molecule has 56 heavy (non-hydrogen) atoms. The lowest BCUT2D eigenvalue weighted by molar-refractivity contribution is 0.616. The van der Waals surface area contributed by atoms with E-state index in [1.807, 2.05) is 23.9 Å². The first-order valence-electron chi connectivity index (χ1n) is 19.1. The molecule has 0 saturated carbocycles. The van der Waals surface area contributed by atoms with E-state index in [0.717, 1.165) is 61.1 Å². The van der Waals surface area contributed by atoms with Crippen molar-refractivity contribution in [2.45, 2.75) is 22.1 Å². The van der Waals surface area contributed by atoms with Crippen LogP contribution in [0.15, 0.2) is 201 Å². The van der Waals surface area contributed by atoms with Crippen LogP contribution < -0.4 is 4.90 Å². The molecule has 264 valence electrons. The van der Waals surface area contributed by atoms with Crippen molar-refractivity contribution < 1.29 is 8.83 Å². The lowest BCUT2D eigenvalue weighted by Gasteiger charge is -2.40. The Morgan fingerprint density at radius 1 is 0.500 bits per heavy atom. The third-order valence-corrected chi connectivity index (χ3v) is 13.1. The molecule has 8 aromatic carbocycles. The maximum absolute atomic E-state index is 6.70. The summed E-state index contributed by atoms with van der Waals surface area (Å²) in [7, 11) is 0. The zero-order valence-corrected chi connectivity index (χ0v) is 31.3. The molecule has 0 fully saturated rings. The van der Waals surface area contributed by atoms with Gasteiger partial charge in [0, 0.05) is 43.4 Å². The number of anilines is 3. The van der Waals surface area contributed by atoms with E-state index >= 15 is 0 Å². The maximum atomic E-state index is 6.70. The highest BCUT2D eigenvalue weighted by Crippen LogP contribution is 2.63. The standard InChI is InChI=1S/C52H33NO2S/c1-32-12-11-19-43-50(32)38-15-5-7-17-41(38)52(43)42-18-8-10-21-48(42)56-49-25-23-36(30-44(49)52)53(35-13-3-2-4-14-35)37-29-40(33-22-24-45-34(28-33)26-27-54-45)51-39-16-6-9-20-46(39)55-47(51)31-37/h2-31H,1H3. The Morgan fingerprint density at radius 2 is 1.29 bits per heavy atom. The molecule has 0 amide bonds. The predicted molar refractivity (Wildman–Crippen MR) is 230 cm³/mol. The van der Waals surface area contributed by atoms with Gasteiger partial charge in [-0.05, 0) is 124 Å². The molecule has 3 nitrogen and oxygen atoms in total. The Kier molecular flexibility index (Phi) is 6.70. The summed E-state index contributed by atoms with van der Waals surface area (Å²) in [6.45, 7) is 2.25. The summed E-state index contributed by atoms with van der Waals surface area (Å²) < 4.78 is 12.5. The van der Waals surface area contributed by atoms with Crippen molar-refractivity contribution in [2.75, 3.05) is 4.90 Å². The van der Waals surface area contributed by atoms with Gasteiger partial charge in [-0.15, -0.1) is 0 Å². The van der Waals surface area contributed by atoms with E-state index in [9.17, 15) is 0 Å². The largest absolute Gasteiger partial charge is 0.464 e. The smallest absolute Gasteiger partial charge is 0.138 e. The summed E-state index contributed by atoms with van der Waals surface area (Å²) in [6.07, 6.45) is 1.76. The van der Waals surface area contributed by atoms with Crippen LogP contribution in [0.2, 0.25) is 0 Å². The van der Waals surface area contributed by atoms with Gasteiger partial charge in [0.25, 0.3) is 0 Å². The molecular weight excluding hydrogens is 703 g/mol. The number of benzene rings is 8. The zero-order valence-electron chi connectivity index (χ0n) is 30.5. The van der Waals surface area contributed by atoms with E-state index in [0.29, 0.717) is 0 Å². The normalized spacial score (nSPS) is 15.2. The summed E-state index contributed by atoms with van der Waals surface area (Å²) >= 11 is 1.87. The second-order valence-corrected chi connectivity index (χ2v) is 16.0. The topological polar surface area (TPSA) is 29.5 Å². The highest BCUT2D eigenvalue weighted by atomic mass is 32.2. The van der Waals surface area contributed by atoms with Crippen LogP contribution in [-0.2, 0) is 5.41 Å². The predicted octanol–water partition coefficient (Wildman–Crippen LogP) is 14.6. The summed E-state index contributed by atoms with van der Waals surface area (Å²) in [5.41, 5.74) is 16.8. The molecule has 10 aromatic rings. The highest BCUT2D eigenvalue weighted by molar-refractivity contribution is 7.99. The van der Waals surface area contributed by atoms with Crippen molar-refractivity contribution in [3.8, 4) is 22.3 Å². The monoisotopic (exact) mass is 735 g/mol. The molecule has 1 unspecified atom stereocenters. The molecule has 2 aromatic heterocycles. The molecular formula is C52H33NO2S. The van der Waals surface area contributed by atoms with Crippen LogP contribution in [0.1, 0.15) is 27.8 Å². The van der Waals surface area contributed by atoms with Crippen molar-refractivity contribution in [2.24, 2.45) is 0 Å². The van der Waals surface area contributed by atoms with Gasteiger partial charge in [0.05, 0.1) is 17.4 Å². The average molecular weight is 736 g/mol. The molecule has 12 rings (SSSR count). The number of hydrogen-bond acceptors (Lipinski definition) is 4. The number of hydrogen-bond donors (Lipinski definition) is 0. The number of nitrogens with zero attached hydrogens (tertiary/aromatic N) is 1. The van der Waals surface area contributed by atoms with Crippen molar-refractivity contribution in [3.63, 3.8) is 0 Å². The minimum absolute atomic E-state index is 0.485. The fourth-order valence-corrected chi connectivity index (χ4v) is 10.8. The molecule has 2 aliphatic rings. The summed E-state index contributed by atoms with van der Waals surface area (Å²) in [4.78, 5) is 4.96. The third kappa shape index (κ3) is 4.36. The van der Waals surface area contributed by atoms with Gasteiger partial charge >= 0.3 is 0 Å². The fraction of sp³-hybridized carbons (Fsp3) is 0.0385. The Labute approximate surface area is 328 Å². The summed E-state index contributed by atoms with van der Waals surface area (Å²) in [6, 6.07) is 64.1. The molecule has 4 heteroatoms. The van der Waals surface area contributed by atoms with E-state index in [2.05, 4.69) is 176 Å². The van der Waals surface area contributed by atoms with Crippen LogP contribution in [-0.4, -0.2) is 0 Å². The van der Waals surface area contributed by atoms with Crippen LogP contribution in [0.3, 0.4) is 0 Å². The molecule has 0 radical (unpaired) electrons. The Balaban J connectivity index is 1.15. The van der Waals surface area contributed by atoms with Crippen LogP contribution >= 0.6 is 11.8 Å². The highest BCUT2D eigenvalue weighted by Gasteiger charge is 2.50. The van der Waals surface area contributed by atoms with Gasteiger partial charge in [-0.25, -0.2) is 0 Å². The Morgan fingerprint density at radius 3 is 2.21 bits per heavy atom. The summed E-state index contributed by atoms with van der Waals surface area (Å²) in [5, 5.41) is 3.27. The van der Waals surface area contributed by atoms with Gasteiger partial charge in [0.15, 0.2) is 0 Å². The van der Waals surface area contributed by atoms with E-state index in [4.69, 9.17) is 8.83 Å². The number of furan rings is 2. The number of rotatable bonds is 4. The van der Waals surface area contributed by atoms with Gasteiger partial charge < -0.3 is 13.7 Å². The van der Waals surface area contributed by atoms with E-state index in [-0.39, 0.29) is 0 Å². The van der Waals surface area contributed by atoms with Gasteiger partial charge in [0.1, 0.15) is 16.7 Å². The number of aryl methyl sites for hydroxylation is 1. The molecule has 1 spiro atoms. The van der Waals surface area contributed by atoms with E-state index in [1.165, 1.54) is 48.7 Å².